The lowest BCUT2D eigenvalue weighted by Gasteiger charge is -2.02. The molecule has 0 aliphatic heterocycles. The van der Waals surface area contributed by atoms with Crippen molar-refractivity contribution in [3.8, 4) is 11.4 Å². The van der Waals surface area contributed by atoms with Crippen LogP contribution in [0.25, 0.3) is 16.9 Å². The smallest absolute Gasteiger partial charge is 0.144 e. The van der Waals surface area contributed by atoms with E-state index in [1.165, 1.54) is 0 Å². The first-order valence-corrected chi connectivity index (χ1v) is 6.03. The zero-order valence-corrected chi connectivity index (χ0v) is 10.6. The molecule has 0 spiro atoms. The van der Waals surface area contributed by atoms with Gasteiger partial charge in [-0.05, 0) is 31.2 Å². The predicted octanol–water partition coefficient (Wildman–Crippen LogP) is 3.55. The number of nitrogen functional groups attached to an aromatic ring is 1. The van der Waals surface area contributed by atoms with Crippen molar-refractivity contribution >= 4 is 22.8 Å². The summed E-state index contributed by atoms with van der Waals surface area (Å²) in [4.78, 5) is 4.59. The van der Waals surface area contributed by atoms with E-state index >= 15 is 0 Å². The fraction of sp³-hybridized carbons (Fsp3) is 0.0714. The zero-order chi connectivity index (χ0) is 12.7. The van der Waals surface area contributed by atoms with E-state index in [4.69, 9.17) is 17.3 Å². The molecule has 0 unspecified atom stereocenters. The topological polar surface area (TPSA) is 43.3 Å². The quantitative estimate of drug-likeness (QED) is 0.725. The Kier molecular flexibility index (Phi) is 2.49. The number of hydrogen-bond acceptors (Lipinski definition) is 2. The Labute approximate surface area is 110 Å². The third-order valence-electron chi connectivity index (χ3n) is 2.93. The first-order chi connectivity index (χ1) is 8.65. The van der Waals surface area contributed by atoms with E-state index < -0.39 is 0 Å². The molecule has 4 heteroatoms. The average molecular weight is 258 g/mol. The van der Waals surface area contributed by atoms with Crippen molar-refractivity contribution in [3.05, 3.63) is 53.3 Å². The lowest BCUT2D eigenvalue weighted by Crippen LogP contribution is -1.91. The number of aromatic nitrogens is 2. The number of benzene rings is 1. The third-order valence-corrected chi connectivity index (χ3v) is 3.17. The fourth-order valence-electron chi connectivity index (χ4n) is 2.08. The molecule has 0 bridgehead atoms. The number of pyridine rings is 1. The van der Waals surface area contributed by atoms with Crippen molar-refractivity contribution < 1.29 is 0 Å². The minimum Gasteiger partial charge on any atom is -0.399 e. The van der Waals surface area contributed by atoms with Crippen molar-refractivity contribution in [1.82, 2.24) is 9.38 Å². The summed E-state index contributed by atoms with van der Waals surface area (Å²) in [5, 5.41) is 0.706. The Balaban J connectivity index is 2.30. The van der Waals surface area contributed by atoms with Crippen LogP contribution >= 0.6 is 11.6 Å². The molecule has 0 saturated heterocycles. The van der Waals surface area contributed by atoms with Gasteiger partial charge < -0.3 is 5.73 Å². The Hall–Kier alpha value is -2.00. The zero-order valence-electron chi connectivity index (χ0n) is 9.89. The highest BCUT2D eigenvalue weighted by atomic mass is 35.5. The standard InChI is InChI=1S/C14H12ClN3/c1-9-13-8-12(16)5-6-18(13)14(17-9)10-3-2-4-11(15)7-10/h2-8H,16H2,1H3. The lowest BCUT2D eigenvalue weighted by molar-refractivity contribution is 1.16. The molecular weight excluding hydrogens is 246 g/mol. The molecule has 0 fully saturated rings. The number of nitrogens with zero attached hydrogens (tertiary/aromatic N) is 2. The molecule has 2 aromatic heterocycles. The molecule has 0 aliphatic rings. The van der Waals surface area contributed by atoms with Crippen LogP contribution in [0.3, 0.4) is 0 Å². The molecular formula is C14H12ClN3. The van der Waals surface area contributed by atoms with Gasteiger partial charge in [0.05, 0.1) is 11.2 Å². The molecule has 3 rings (SSSR count). The van der Waals surface area contributed by atoms with E-state index in [1.54, 1.807) is 0 Å². The predicted molar refractivity (Wildman–Crippen MR) is 74.8 cm³/mol. The second kappa shape index (κ2) is 4.03. The van der Waals surface area contributed by atoms with E-state index in [1.807, 2.05) is 53.9 Å². The van der Waals surface area contributed by atoms with E-state index in [-0.39, 0.29) is 0 Å². The Morgan fingerprint density at radius 1 is 1.22 bits per heavy atom. The van der Waals surface area contributed by atoms with Gasteiger partial charge in [-0.2, -0.15) is 0 Å². The minimum atomic E-state index is 0.706. The summed E-state index contributed by atoms with van der Waals surface area (Å²) in [7, 11) is 0. The summed E-state index contributed by atoms with van der Waals surface area (Å²) in [6, 6.07) is 11.5. The van der Waals surface area contributed by atoms with Crippen LogP contribution < -0.4 is 5.73 Å². The first kappa shape index (κ1) is 11.1. The van der Waals surface area contributed by atoms with E-state index in [0.29, 0.717) is 5.02 Å². The maximum absolute atomic E-state index is 6.02. The Bertz CT molecular complexity index is 731. The highest BCUT2D eigenvalue weighted by molar-refractivity contribution is 6.30. The second-order valence-corrected chi connectivity index (χ2v) is 4.68. The van der Waals surface area contributed by atoms with Crippen LogP contribution in [-0.2, 0) is 0 Å². The van der Waals surface area contributed by atoms with Crippen molar-refractivity contribution in [2.75, 3.05) is 5.73 Å². The number of rotatable bonds is 1. The summed E-state index contributed by atoms with van der Waals surface area (Å²) in [6.45, 7) is 1.98. The van der Waals surface area contributed by atoms with Crippen LogP contribution in [0, 0.1) is 6.92 Å². The summed E-state index contributed by atoms with van der Waals surface area (Å²) < 4.78 is 2.03. The molecule has 0 atom stereocenters. The van der Waals surface area contributed by atoms with Gasteiger partial charge in [-0.15, -0.1) is 0 Å². The van der Waals surface area contributed by atoms with Crippen molar-refractivity contribution in [2.45, 2.75) is 6.92 Å². The monoisotopic (exact) mass is 257 g/mol. The van der Waals surface area contributed by atoms with Gasteiger partial charge in [0.15, 0.2) is 0 Å². The highest BCUT2D eigenvalue weighted by Gasteiger charge is 2.10. The van der Waals surface area contributed by atoms with Gasteiger partial charge in [0, 0.05) is 22.5 Å². The number of anilines is 1. The van der Waals surface area contributed by atoms with Crippen molar-refractivity contribution in [3.63, 3.8) is 0 Å². The third kappa shape index (κ3) is 1.73. The lowest BCUT2D eigenvalue weighted by atomic mass is 10.2. The number of halogens is 1. The van der Waals surface area contributed by atoms with Crippen LogP contribution in [0.5, 0.6) is 0 Å². The van der Waals surface area contributed by atoms with Crippen LogP contribution in [0.2, 0.25) is 5.02 Å². The van der Waals surface area contributed by atoms with Crippen molar-refractivity contribution in [2.24, 2.45) is 0 Å². The maximum atomic E-state index is 6.02. The summed E-state index contributed by atoms with van der Waals surface area (Å²) in [6.07, 6.45) is 1.93. The number of nitrogens with two attached hydrogens (primary N) is 1. The molecule has 1 aromatic carbocycles. The molecule has 0 aliphatic carbocycles. The summed E-state index contributed by atoms with van der Waals surface area (Å²) >= 11 is 6.02. The van der Waals surface area contributed by atoms with E-state index in [2.05, 4.69) is 4.98 Å². The number of imidazole rings is 1. The van der Waals surface area contributed by atoms with Crippen LogP contribution in [-0.4, -0.2) is 9.38 Å². The molecule has 90 valence electrons. The van der Waals surface area contributed by atoms with Gasteiger partial charge in [0.25, 0.3) is 0 Å². The second-order valence-electron chi connectivity index (χ2n) is 4.25. The molecule has 0 saturated carbocycles. The van der Waals surface area contributed by atoms with Gasteiger partial charge >= 0.3 is 0 Å². The molecule has 18 heavy (non-hydrogen) atoms. The van der Waals surface area contributed by atoms with Gasteiger partial charge in [-0.25, -0.2) is 4.98 Å². The van der Waals surface area contributed by atoms with Crippen LogP contribution in [0.15, 0.2) is 42.6 Å². The van der Waals surface area contributed by atoms with Gasteiger partial charge in [0.1, 0.15) is 5.82 Å². The molecule has 2 heterocycles. The summed E-state index contributed by atoms with van der Waals surface area (Å²) in [5.41, 5.74) is 9.51. The van der Waals surface area contributed by atoms with Crippen LogP contribution in [0.4, 0.5) is 5.69 Å². The van der Waals surface area contributed by atoms with Crippen molar-refractivity contribution in [1.29, 1.82) is 0 Å². The maximum Gasteiger partial charge on any atom is 0.144 e. The van der Waals surface area contributed by atoms with Gasteiger partial charge in [0.2, 0.25) is 0 Å². The number of aryl methyl sites for hydroxylation is 1. The SMILES string of the molecule is Cc1nc(-c2cccc(Cl)c2)n2ccc(N)cc12. The highest BCUT2D eigenvalue weighted by Crippen LogP contribution is 2.25. The molecule has 0 radical (unpaired) electrons. The van der Waals surface area contributed by atoms with Crippen LogP contribution in [0.1, 0.15) is 5.69 Å². The van der Waals surface area contributed by atoms with Gasteiger partial charge in [-0.1, -0.05) is 23.7 Å². The first-order valence-electron chi connectivity index (χ1n) is 5.65. The minimum absolute atomic E-state index is 0.706. The molecule has 3 nitrogen and oxygen atoms in total. The normalized spacial score (nSPS) is 11.0. The molecule has 0 amide bonds. The van der Waals surface area contributed by atoms with E-state index in [9.17, 15) is 0 Å². The number of fused-ring (bicyclic) bond motifs is 1. The van der Waals surface area contributed by atoms with E-state index in [0.717, 1.165) is 28.3 Å². The Morgan fingerprint density at radius 3 is 2.83 bits per heavy atom. The molecule has 2 N–H and O–H groups in total. The average Bonchev–Trinajstić information content (AvgIpc) is 2.67. The number of hydrogen-bond donors (Lipinski definition) is 1. The Morgan fingerprint density at radius 2 is 2.06 bits per heavy atom. The molecule has 3 aromatic rings. The van der Waals surface area contributed by atoms with Gasteiger partial charge in [-0.3, -0.25) is 4.40 Å². The summed E-state index contributed by atoms with van der Waals surface area (Å²) in [5.74, 6) is 0.880. The largest absolute Gasteiger partial charge is 0.399 e. The fourth-order valence-corrected chi connectivity index (χ4v) is 2.27.